The number of nitrogens with two attached hydrogens (primary N) is 1. The molecule has 10 nitrogen and oxygen atoms in total. The first-order valence-electron chi connectivity index (χ1n) is 18.5. The maximum atomic E-state index is 12.9. The molecule has 8 rings (SSSR count). The van der Waals surface area contributed by atoms with Crippen LogP contribution in [-0.2, 0) is 17.6 Å². The topological polar surface area (TPSA) is 129 Å². The van der Waals surface area contributed by atoms with Crippen molar-refractivity contribution in [2.75, 3.05) is 24.7 Å². The number of carbonyl (C=O) groups excluding carboxylic acids is 1. The smallest absolute Gasteiger partial charge is 0.230 e. The number of nitrogens with zero attached hydrogens (tertiary/aromatic N) is 6. The first-order valence-corrected chi connectivity index (χ1v) is 19.3. The zero-order valence-corrected chi connectivity index (χ0v) is 34.5. The van der Waals surface area contributed by atoms with E-state index in [-0.39, 0.29) is 12.2 Å². The van der Waals surface area contributed by atoms with Gasteiger partial charge in [-0.15, -0.1) is 0 Å². The number of halogens is 2. The first-order chi connectivity index (χ1) is 27.8. The van der Waals surface area contributed by atoms with Crippen molar-refractivity contribution < 1.29 is 14.3 Å². The number of aryl methyl sites for hydroxylation is 4. The number of fused-ring (bicyclic) bond motifs is 3. The third kappa shape index (κ3) is 9.09. The van der Waals surface area contributed by atoms with Gasteiger partial charge in [-0.2, -0.15) is 0 Å². The zero-order valence-electron chi connectivity index (χ0n) is 33.0. The second kappa shape index (κ2) is 17.0. The molecule has 0 aliphatic heterocycles. The Hall–Kier alpha value is -6.36. The highest BCUT2D eigenvalue weighted by atomic mass is 35.5. The Morgan fingerprint density at radius 1 is 0.621 bits per heavy atom. The molecular formula is C46H41Cl2N7O3. The minimum Gasteiger partial charge on any atom is -0.438 e. The van der Waals surface area contributed by atoms with Crippen molar-refractivity contribution in [2.45, 2.75) is 40.5 Å². The number of nitrogen functional groups attached to an aromatic ring is 1. The number of Topliss-reactive ketones (excluding diaryl/α,β-unsaturated/α-hetero) is 1. The van der Waals surface area contributed by atoms with Gasteiger partial charge in [0.1, 0.15) is 35.8 Å². The molecule has 0 unspecified atom stereocenters. The second-order valence-corrected chi connectivity index (χ2v) is 15.2. The quantitative estimate of drug-likeness (QED) is 0.141. The van der Waals surface area contributed by atoms with Crippen molar-refractivity contribution in [3.8, 4) is 23.3 Å². The van der Waals surface area contributed by atoms with Gasteiger partial charge in [0.2, 0.25) is 11.8 Å². The molecule has 0 spiro atoms. The predicted molar refractivity (Wildman–Crippen MR) is 234 cm³/mol. The largest absolute Gasteiger partial charge is 0.438 e. The van der Waals surface area contributed by atoms with E-state index < -0.39 is 0 Å². The number of hydrogen-bond donors (Lipinski definition) is 1. The molecule has 3 aromatic heterocycles. The van der Waals surface area contributed by atoms with Crippen molar-refractivity contribution in [2.24, 2.45) is 0 Å². The van der Waals surface area contributed by atoms with E-state index in [1.165, 1.54) is 18.2 Å². The van der Waals surface area contributed by atoms with Gasteiger partial charge in [-0.1, -0.05) is 35.3 Å². The molecule has 12 heteroatoms. The lowest BCUT2D eigenvalue weighted by molar-refractivity contribution is -0.117. The number of carbonyl (C=O) groups is 1. The highest BCUT2D eigenvalue weighted by Crippen LogP contribution is 2.33. The fourth-order valence-corrected chi connectivity index (χ4v) is 6.71. The van der Waals surface area contributed by atoms with Crippen LogP contribution in [0.25, 0.3) is 32.7 Å². The molecule has 0 saturated carbocycles. The fraction of sp³-hybridized carbons (Fsp3) is 0.174. The molecule has 0 bridgehead atoms. The maximum Gasteiger partial charge on any atom is 0.230 e. The van der Waals surface area contributed by atoms with Crippen LogP contribution in [0.3, 0.4) is 0 Å². The summed E-state index contributed by atoms with van der Waals surface area (Å²) in [5, 5.41) is 3.66. The number of benzene rings is 5. The molecule has 0 saturated heterocycles. The highest BCUT2D eigenvalue weighted by Gasteiger charge is 2.14. The minimum atomic E-state index is 0.0837. The van der Waals surface area contributed by atoms with Gasteiger partial charge in [0.15, 0.2) is 0 Å². The molecule has 0 fully saturated rings. The number of ether oxygens (including phenoxy) is 2. The van der Waals surface area contributed by atoms with Crippen LogP contribution in [0.5, 0.6) is 23.3 Å². The average Bonchev–Trinajstić information content (AvgIpc) is 3.19. The Labute approximate surface area is 346 Å². The van der Waals surface area contributed by atoms with Crippen molar-refractivity contribution >= 4 is 73.2 Å². The SMILES string of the molecule is Cc1cc2ncnc(Oc3ccc(CC(=O)Cc4ccc5nc(N(C)C)ccc5c4)c(Cl)c3)c2cc1C.Cc1cc2ncnc(Oc3ccc(N)c(Cl)c3)c2cc1C. The lowest BCUT2D eigenvalue weighted by Crippen LogP contribution is -2.10. The van der Waals surface area contributed by atoms with Crippen LogP contribution in [-0.4, -0.2) is 44.8 Å². The normalized spacial score (nSPS) is 11.0. The van der Waals surface area contributed by atoms with Crippen LogP contribution < -0.4 is 20.1 Å². The summed E-state index contributed by atoms with van der Waals surface area (Å²) in [5.41, 5.74) is 15.2. The predicted octanol–water partition coefficient (Wildman–Crippen LogP) is 10.9. The Morgan fingerprint density at radius 3 is 1.76 bits per heavy atom. The van der Waals surface area contributed by atoms with E-state index in [0.717, 1.165) is 66.3 Å². The summed E-state index contributed by atoms with van der Waals surface area (Å²) < 4.78 is 11.9. The van der Waals surface area contributed by atoms with Gasteiger partial charge >= 0.3 is 0 Å². The van der Waals surface area contributed by atoms with Crippen LogP contribution in [0.1, 0.15) is 33.4 Å². The Bertz CT molecular complexity index is 2850. The molecule has 0 atom stereocenters. The average molecular weight is 811 g/mol. The number of anilines is 2. The molecule has 0 radical (unpaired) electrons. The third-order valence-corrected chi connectivity index (χ3v) is 10.5. The first kappa shape index (κ1) is 39.9. The van der Waals surface area contributed by atoms with Gasteiger partial charge in [-0.05, 0) is 134 Å². The molecule has 8 aromatic rings. The van der Waals surface area contributed by atoms with Gasteiger partial charge in [-0.3, -0.25) is 4.79 Å². The van der Waals surface area contributed by atoms with E-state index in [0.29, 0.717) is 45.4 Å². The molecule has 0 aliphatic rings. The van der Waals surface area contributed by atoms with Crippen molar-refractivity contribution in [3.63, 3.8) is 0 Å². The van der Waals surface area contributed by atoms with E-state index in [1.807, 2.05) is 99.6 Å². The fourth-order valence-electron chi connectivity index (χ4n) is 6.30. The summed E-state index contributed by atoms with van der Waals surface area (Å²) in [6, 6.07) is 28.6. The number of rotatable bonds is 9. The number of aromatic nitrogens is 5. The minimum absolute atomic E-state index is 0.0837. The lowest BCUT2D eigenvalue weighted by atomic mass is 10.0. The standard InChI is InChI=1S/C30H27ClN4O2.C16H14ClN3O/c1-18-11-25-28(12-19(18)2)32-17-33-30(25)37-24-8-6-21(26(31)16-24)15-23(36)14-20-5-9-27-22(13-20)7-10-29(34-27)35(3)4;1-9-5-12-15(6-10(9)2)19-8-20-16(12)21-11-3-4-14(18)13(17)7-11/h5-13,16-17H,14-15H2,1-4H3;3-8H,18H2,1-2H3. The monoisotopic (exact) mass is 809 g/mol. The number of ketones is 1. The second-order valence-electron chi connectivity index (χ2n) is 14.4. The van der Waals surface area contributed by atoms with Gasteiger partial charge in [-0.25, -0.2) is 24.9 Å². The summed E-state index contributed by atoms with van der Waals surface area (Å²) in [6.45, 7) is 8.20. The van der Waals surface area contributed by atoms with E-state index in [4.69, 9.17) is 38.4 Å². The summed E-state index contributed by atoms with van der Waals surface area (Å²) in [5.74, 6) is 3.10. The Balaban J connectivity index is 0.000000206. The summed E-state index contributed by atoms with van der Waals surface area (Å²) in [7, 11) is 3.93. The van der Waals surface area contributed by atoms with E-state index in [9.17, 15) is 4.79 Å². The van der Waals surface area contributed by atoms with Crippen LogP contribution in [0.15, 0.2) is 104 Å². The molecular weight excluding hydrogens is 769 g/mol. The zero-order chi connectivity index (χ0) is 41.1. The summed E-state index contributed by atoms with van der Waals surface area (Å²) in [6.07, 6.45) is 3.55. The maximum absolute atomic E-state index is 12.9. The molecule has 3 heterocycles. The van der Waals surface area contributed by atoms with E-state index >= 15 is 0 Å². The van der Waals surface area contributed by atoms with Gasteiger partial charge in [0, 0.05) is 43.4 Å². The summed E-state index contributed by atoms with van der Waals surface area (Å²) >= 11 is 12.6. The molecule has 5 aromatic carbocycles. The van der Waals surface area contributed by atoms with Gasteiger partial charge in [0.25, 0.3) is 0 Å². The molecule has 0 aliphatic carbocycles. The van der Waals surface area contributed by atoms with Crippen molar-refractivity contribution in [1.29, 1.82) is 0 Å². The van der Waals surface area contributed by atoms with Gasteiger partial charge in [0.05, 0.1) is 38.0 Å². The Morgan fingerprint density at radius 2 is 1.19 bits per heavy atom. The van der Waals surface area contributed by atoms with Crippen molar-refractivity contribution in [1.82, 2.24) is 24.9 Å². The Kier molecular flexibility index (Phi) is 11.7. The van der Waals surface area contributed by atoms with Crippen LogP contribution in [0.2, 0.25) is 10.0 Å². The summed E-state index contributed by atoms with van der Waals surface area (Å²) in [4.78, 5) is 36.6. The number of hydrogen-bond acceptors (Lipinski definition) is 10. The lowest BCUT2D eigenvalue weighted by Gasteiger charge is -2.12. The van der Waals surface area contributed by atoms with Crippen molar-refractivity contribution in [3.05, 3.63) is 147 Å². The van der Waals surface area contributed by atoms with Crippen LogP contribution in [0.4, 0.5) is 11.5 Å². The molecule has 2 N–H and O–H groups in total. The molecule has 0 amide bonds. The van der Waals surface area contributed by atoms with Gasteiger partial charge < -0.3 is 20.1 Å². The third-order valence-electron chi connectivity index (χ3n) is 9.84. The highest BCUT2D eigenvalue weighted by molar-refractivity contribution is 6.33. The van der Waals surface area contributed by atoms with Crippen LogP contribution >= 0.6 is 23.2 Å². The van der Waals surface area contributed by atoms with E-state index in [1.54, 1.807) is 24.3 Å². The number of pyridine rings is 1. The molecule has 292 valence electrons. The molecule has 58 heavy (non-hydrogen) atoms. The van der Waals surface area contributed by atoms with E-state index in [2.05, 4.69) is 38.8 Å². The van der Waals surface area contributed by atoms with Crippen LogP contribution in [0, 0.1) is 27.7 Å².